The zero-order valence-corrected chi connectivity index (χ0v) is 10.6. The predicted octanol–water partition coefficient (Wildman–Crippen LogP) is 0.853. The average Bonchev–Trinajstić information content (AvgIpc) is 2.10. The molecule has 0 radical (unpaired) electrons. The number of aryl methyl sites for hydroxylation is 1. The van der Waals surface area contributed by atoms with E-state index in [1.54, 1.807) is 12.3 Å². The van der Waals surface area contributed by atoms with E-state index in [1.165, 1.54) is 0 Å². The summed E-state index contributed by atoms with van der Waals surface area (Å²) in [6.07, 6.45) is 1.55. The van der Waals surface area contributed by atoms with Crippen molar-refractivity contribution >= 4 is 31.8 Å². The second-order valence-corrected chi connectivity index (χ2v) is 5.72. The lowest BCUT2D eigenvalue weighted by molar-refractivity contribution is 0.601. The van der Waals surface area contributed by atoms with E-state index in [0.29, 0.717) is 5.82 Å². The van der Waals surface area contributed by atoms with Crippen LogP contribution >= 0.6 is 15.9 Å². The van der Waals surface area contributed by atoms with E-state index in [0.717, 1.165) is 10.0 Å². The van der Waals surface area contributed by atoms with Gasteiger partial charge in [0, 0.05) is 17.2 Å². The van der Waals surface area contributed by atoms with Crippen LogP contribution in [-0.4, -0.2) is 25.7 Å². The standard InChI is InChI=1S/C8H12BrN3O2S/c1-6-4-8(11-5-7(6)9)12-15(13,14)3-2-10/h4-5H,2-3,10H2,1H3,(H,11,12). The van der Waals surface area contributed by atoms with Crippen LogP contribution < -0.4 is 10.5 Å². The Hall–Kier alpha value is -0.660. The molecule has 0 unspecified atom stereocenters. The van der Waals surface area contributed by atoms with E-state index >= 15 is 0 Å². The van der Waals surface area contributed by atoms with Crippen LogP contribution in [0.5, 0.6) is 0 Å². The van der Waals surface area contributed by atoms with Gasteiger partial charge in [0.05, 0.1) is 5.75 Å². The number of halogens is 1. The first-order valence-corrected chi connectivity index (χ1v) is 6.72. The smallest absolute Gasteiger partial charge is 0.235 e. The average molecular weight is 294 g/mol. The summed E-state index contributed by atoms with van der Waals surface area (Å²) in [4.78, 5) is 3.93. The normalized spacial score (nSPS) is 11.4. The van der Waals surface area contributed by atoms with Crippen molar-refractivity contribution in [2.45, 2.75) is 6.92 Å². The predicted molar refractivity (Wildman–Crippen MR) is 63.1 cm³/mol. The Kier molecular flexibility index (Phi) is 4.06. The monoisotopic (exact) mass is 293 g/mol. The molecule has 7 heteroatoms. The summed E-state index contributed by atoms with van der Waals surface area (Å²) in [6, 6.07) is 1.65. The summed E-state index contributed by atoms with van der Waals surface area (Å²) < 4.78 is 25.9. The molecule has 0 saturated heterocycles. The highest BCUT2D eigenvalue weighted by atomic mass is 79.9. The molecule has 0 spiro atoms. The number of nitrogens with zero attached hydrogens (tertiary/aromatic N) is 1. The van der Waals surface area contributed by atoms with Crippen molar-refractivity contribution in [3.05, 3.63) is 22.3 Å². The molecule has 0 bridgehead atoms. The Morgan fingerprint density at radius 1 is 1.60 bits per heavy atom. The van der Waals surface area contributed by atoms with E-state index in [-0.39, 0.29) is 12.3 Å². The lowest BCUT2D eigenvalue weighted by Crippen LogP contribution is -2.22. The van der Waals surface area contributed by atoms with Gasteiger partial charge in [0.1, 0.15) is 5.82 Å². The van der Waals surface area contributed by atoms with Gasteiger partial charge in [0.2, 0.25) is 10.0 Å². The highest BCUT2D eigenvalue weighted by molar-refractivity contribution is 9.10. The topological polar surface area (TPSA) is 85.1 Å². The Morgan fingerprint density at radius 2 is 2.27 bits per heavy atom. The van der Waals surface area contributed by atoms with E-state index in [9.17, 15) is 8.42 Å². The molecule has 3 N–H and O–H groups in total. The molecule has 0 aliphatic heterocycles. The number of rotatable bonds is 4. The third-order valence-electron chi connectivity index (χ3n) is 1.69. The van der Waals surface area contributed by atoms with Crippen LogP contribution in [0.1, 0.15) is 5.56 Å². The largest absolute Gasteiger partial charge is 0.329 e. The van der Waals surface area contributed by atoms with Crippen LogP contribution in [0.3, 0.4) is 0 Å². The van der Waals surface area contributed by atoms with Crippen molar-refractivity contribution in [3.63, 3.8) is 0 Å². The maximum absolute atomic E-state index is 11.4. The molecule has 1 heterocycles. The van der Waals surface area contributed by atoms with E-state index in [1.807, 2.05) is 6.92 Å². The van der Waals surface area contributed by atoms with Gasteiger partial charge in [-0.15, -0.1) is 0 Å². The third kappa shape index (κ3) is 3.77. The number of aromatic nitrogens is 1. The van der Waals surface area contributed by atoms with Crippen LogP contribution in [0.2, 0.25) is 0 Å². The van der Waals surface area contributed by atoms with E-state index in [2.05, 4.69) is 25.6 Å². The SMILES string of the molecule is Cc1cc(NS(=O)(=O)CCN)ncc1Br. The van der Waals surface area contributed by atoms with Crippen LogP contribution in [0, 0.1) is 6.92 Å². The summed E-state index contributed by atoms with van der Waals surface area (Å²) in [5, 5.41) is 0. The number of nitrogens with one attached hydrogen (secondary N) is 1. The van der Waals surface area contributed by atoms with Crippen molar-refractivity contribution in [2.24, 2.45) is 5.73 Å². The van der Waals surface area contributed by atoms with Crippen molar-refractivity contribution in [2.75, 3.05) is 17.0 Å². The summed E-state index contributed by atoms with van der Waals surface area (Å²) in [6.45, 7) is 1.94. The van der Waals surface area contributed by atoms with Crippen molar-refractivity contribution in [1.29, 1.82) is 0 Å². The summed E-state index contributed by atoms with van der Waals surface area (Å²) in [5.74, 6) is 0.202. The number of nitrogens with two attached hydrogens (primary N) is 1. The molecular formula is C8H12BrN3O2S. The first kappa shape index (κ1) is 12.4. The van der Waals surface area contributed by atoms with Gasteiger partial charge in [-0.1, -0.05) is 0 Å². The maximum atomic E-state index is 11.4. The first-order valence-electron chi connectivity index (χ1n) is 4.27. The Bertz CT molecular complexity index is 447. The van der Waals surface area contributed by atoms with Gasteiger partial charge in [0.25, 0.3) is 0 Å². The lowest BCUT2D eigenvalue weighted by atomic mass is 10.3. The fourth-order valence-corrected chi connectivity index (χ4v) is 2.02. The quantitative estimate of drug-likeness (QED) is 0.862. The summed E-state index contributed by atoms with van der Waals surface area (Å²) in [5.41, 5.74) is 6.09. The molecule has 0 amide bonds. The minimum Gasteiger partial charge on any atom is -0.329 e. The van der Waals surface area contributed by atoms with Gasteiger partial charge in [-0.25, -0.2) is 13.4 Å². The lowest BCUT2D eigenvalue weighted by Gasteiger charge is -2.07. The third-order valence-corrected chi connectivity index (χ3v) is 3.82. The molecule has 1 aromatic rings. The summed E-state index contributed by atoms with van der Waals surface area (Å²) in [7, 11) is -3.37. The highest BCUT2D eigenvalue weighted by Crippen LogP contribution is 2.17. The molecule has 0 aromatic carbocycles. The van der Waals surface area contributed by atoms with Crippen molar-refractivity contribution < 1.29 is 8.42 Å². The van der Waals surface area contributed by atoms with Gasteiger partial charge in [-0.2, -0.15) is 0 Å². The molecule has 15 heavy (non-hydrogen) atoms. The molecular weight excluding hydrogens is 282 g/mol. The number of sulfonamides is 1. The van der Waals surface area contributed by atoms with E-state index in [4.69, 9.17) is 5.73 Å². The van der Waals surface area contributed by atoms with Crippen LogP contribution in [0.15, 0.2) is 16.7 Å². The second kappa shape index (κ2) is 4.91. The van der Waals surface area contributed by atoms with Crippen molar-refractivity contribution in [1.82, 2.24) is 4.98 Å². The highest BCUT2D eigenvalue weighted by Gasteiger charge is 2.10. The molecule has 0 atom stereocenters. The second-order valence-electron chi connectivity index (χ2n) is 3.03. The molecule has 0 saturated carbocycles. The maximum Gasteiger partial charge on any atom is 0.235 e. The molecule has 0 fully saturated rings. The number of anilines is 1. The van der Waals surface area contributed by atoms with Crippen LogP contribution in [0.25, 0.3) is 0 Å². The number of hydrogen-bond donors (Lipinski definition) is 2. The van der Waals surface area contributed by atoms with Crippen LogP contribution in [0.4, 0.5) is 5.82 Å². The molecule has 0 aliphatic rings. The Morgan fingerprint density at radius 3 is 2.80 bits per heavy atom. The zero-order valence-electron chi connectivity index (χ0n) is 8.20. The van der Waals surface area contributed by atoms with Gasteiger partial charge in [-0.05, 0) is 34.5 Å². The minimum atomic E-state index is -3.37. The van der Waals surface area contributed by atoms with Crippen LogP contribution in [-0.2, 0) is 10.0 Å². The fourth-order valence-electron chi connectivity index (χ4n) is 0.961. The number of pyridine rings is 1. The minimum absolute atomic E-state index is 0.0881. The number of hydrogen-bond acceptors (Lipinski definition) is 4. The van der Waals surface area contributed by atoms with Gasteiger partial charge in [-0.3, -0.25) is 4.72 Å². The zero-order chi connectivity index (χ0) is 11.5. The van der Waals surface area contributed by atoms with Gasteiger partial charge in [0.15, 0.2) is 0 Å². The van der Waals surface area contributed by atoms with Crippen molar-refractivity contribution in [3.8, 4) is 0 Å². The Labute approximate surface area is 97.3 Å². The summed E-state index contributed by atoms with van der Waals surface area (Å²) >= 11 is 3.28. The van der Waals surface area contributed by atoms with Gasteiger partial charge < -0.3 is 5.73 Å². The molecule has 84 valence electrons. The molecule has 1 aromatic heterocycles. The Balaban J connectivity index is 2.86. The molecule has 5 nitrogen and oxygen atoms in total. The first-order chi connectivity index (χ1) is 6.94. The molecule has 0 aliphatic carbocycles. The molecule has 1 rings (SSSR count). The van der Waals surface area contributed by atoms with Gasteiger partial charge >= 0.3 is 0 Å². The fraction of sp³-hybridized carbons (Fsp3) is 0.375. The van der Waals surface area contributed by atoms with E-state index < -0.39 is 10.0 Å².